The molecule has 1 atom stereocenters. The molecule has 1 aliphatic rings. The fourth-order valence-electron chi connectivity index (χ4n) is 3.55. The summed E-state index contributed by atoms with van der Waals surface area (Å²) in [6.07, 6.45) is 12.0. The van der Waals surface area contributed by atoms with Crippen LogP contribution in [0.3, 0.4) is 0 Å². The average molecular weight is 303 g/mol. The van der Waals surface area contributed by atoms with Crippen LogP contribution in [0.1, 0.15) is 90.9 Å². The van der Waals surface area contributed by atoms with Crippen molar-refractivity contribution in [3.05, 3.63) is 0 Å². The Balaban J connectivity index is 2.18. The van der Waals surface area contributed by atoms with Gasteiger partial charge in [-0.1, -0.05) is 58.8 Å². The lowest BCUT2D eigenvalue weighted by atomic mass is 9.80. The van der Waals surface area contributed by atoms with Gasteiger partial charge in [-0.3, -0.25) is 0 Å². The van der Waals surface area contributed by atoms with Gasteiger partial charge in [0, 0.05) is 18.9 Å². The van der Waals surface area contributed by atoms with Gasteiger partial charge in [0.2, 0.25) is 5.92 Å². The molecule has 0 amide bonds. The molecule has 0 saturated heterocycles. The summed E-state index contributed by atoms with van der Waals surface area (Å²) in [5.74, 6) is -1.93. The van der Waals surface area contributed by atoms with Gasteiger partial charge < -0.3 is 5.32 Å². The van der Waals surface area contributed by atoms with Crippen LogP contribution in [0.15, 0.2) is 0 Å². The number of hydrogen-bond donors (Lipinski definition) is 1. The van der Waals surface area contributed by atoms with Crippen molar-refractivity contribution in [1.82, 2.24) is 5.32 Å². The highest BCUT2D eigenvalue weighted by Gasteiger charge is 2.37. The van der Waals surface area contributed by atoms with Crippen molar-refractivity contribution < 1.29 is 8.78 Å². The highest BCUT2D eigenvalue weighted by Crippen LogP contribution is 2.38. The van der Waals surface area contributed by atoms with Crippen LogP contribution in [-0.4, -0.2) is 18.5 Å². The van der Waals surface area contributed by atoms with E-state index in [9.17, 15) is 8.78 Å². The Hall–Kier alpha value is -0.180. The summed E-state index contributed by atoms with van der Waals surface area (Å²) in [6.45, 7) is 5.32. The van der Waals surface area contributed by atoms with Crippen LogP contribution in [0.4, 0.5) is 8.78 Å². The topological polar surface area (TPSA) is 12.0 Å². The third kappa shape index (κ3) is 8.13. The number of nitrogens with one attached hydrogen (secondary N) is 1. The Morgan fingerprint density at radius 3 is 2.10 bits per heavy atom. The second-order valence-electron chi connectivity index (χ2n) is 6.77. The minimum Gasteiger partial charge on any atom is -0.314 e. The van der Waals surface area contributed by atoms with Crippen LogP contribution in [0, 0.1) is 5.92 Å². The predicted molar refractivity (Wildman–Crippen MR) is 87.0 cm³/mol. The average Bonchev–Trinajstić information content (AvgIpc) is 2.45. The molecule has 0 bridgehead atoms. The number of hydrogen-bond acceptors (Lipinski definition) is 1. The quantitative estimate of drug-likeness (QED) is 0.466. The monoisotopic (exact) mass is 303 g/mol. The zero-order valence-corrected chi connectivity index (χ0v) is 14.1. The Bertz CT molecular complexity index is 246. The lowest BCUT2D eigenvalue weighted by molar-refractivity contribution is -0.0498. The van der Waals surface area contributed by atoms with E-state index in [-0.39, 0.29) is 12.8 Å². The second kappa shape index (κ2) is 10.5. The molecule has 1 aliphatic carbocycles. The maximum atomic E-state index is 13.3. The third-order valence-electron chi connectivity index (χ3n) is 4.92. The van der Waals surface area contributed by atoms with E-state index >= 15 is 0 Å². The standard InChI is InChI=1S/C18H35F2N/c1-3-5-6-7-8-9-10-11-17(21-4-2)16-12-14-18(19,20)15-13-16/h16-17,21H,3-15H2,1-2H3. The maximum Gasteiger partial charge on any atom is 0.248 e. The predicted octanol–water partition coefficient (Wildman–Crippen LogP) is 5.93. The SMILES string of the molecule is CCCCCCCCCC(NCC)C1CCC(F)(F)CC1. The Morgan fingerprint density at radius 1 is 0.952 bits per heavy atom. The molecule has 1 unspecified atom stereocenters. The van der Waals surface area contributed by atoms with Crippen molar-refractivity contribution in [2.75, 3.05) is 6.54 Å². The van der Waals surface area contributed by atoms with Gasteiger partial charge in [0.15, 0.2) is 0 Å². The van der Waals surface area contributed by atoms with E-state index in [0.29, 0.717) is 24.8 Å². The first-order chi connectivity index (χ1) is 10.1. The molecule has 0 aromatic rings. The molecular formula is C18H35F2N. The van der Waals surface area contributed by atoms with E-state index in [4.69, 9.17) is 0 Å². The Morgan fingerprint density at radius 2 is 1.52 bits per heavy atom. The van der Waals surface area contributed by atoms with Crippen LogP contribution in [-0.2, 0) is 0 Å². The van der Waals surface area contributed by atoms with Crippen LogP contribution >= 0.6 is 0 Å². The fourth-order valence-corrected chi connectivity index (χ4v) is 3.55. The van der Waals surface area contributed by atoms with Gasteiger partial charge in [-0.2, -0.15) is 0 Å². The molecule has 1 N–H and O–H groups in total. The first kappa shape index (κ1) is 18.9. The Labute approximate surface area is 130 Å². The molecule has 0 aromatic heterocycles. The lowest BCUT2D eigenvalue weighted by Crippen LogP contribution is -2.39. The van der Waals surface area contributed by atoms with E-state index in [1.54, 1.807) is 0 Å². The molecule has 0 radical (unpaired) electrons. The van der Waals surface area contributed by atoms with E-state index < -0.39 is 5.92 Å². The summed E-state index contributed by atoms with van der Waals surface area (Å²) in [4.78, 5) is 0. The number of halogens is 2. The fraction of sp³-hybridized carbons (Fsp3) is 1.00. The number of rotatable bonds is 11. The molecule has 1 saturated carbocycles. The van der Waals surface area contributed by atoms with Gasteiger partial charge in [-0.05, 0) is 31.7 Å². The molecular weight excluding hydrogens is 268 g/mol. The van der Waals surface area contributed by atoms with Crippen LogP contribution in [0.5, 0.6) is 0 Å². The van der Waals surface area contributed by atoms with Crippen molar-refractivity contribution in [3.8, 4) is 0 Å². The van der Waals surface area contributed by atoms with Crippen LogP contribution in [0.25, 0.3) is 0 Å². The van der Waals surface area contributed by atoms with Crippen molar-refractivity contribution in [2.45, 2.75) is 103 Å². The molecule has 1 nitrogen and oxygen atoms in total. The molecule has 21 heavy (non-hydrogen) atoms. The summed E-state index contributed by atoms with van der Waals surface area (Å²) in [5, 5.41) is 3.55. The highest BCUT2D eigenvalue weighted by atomic mass is 19.3. The first-order valence-corrected chi connectivity index (χ1v) is 9.20. The zero-order chi connectivity index (χ0) is 15.6. The highest BCUT2D eigenvalue weighted by molar-refractivity contribution is 4.84. The minimum atomic E-state index is -2.40. The van der Waals surface area contributed by atoms with Gasteiger partial charge in [0.25, 0.3) is 0 Å². The molecule has 0 heterocycles. The maximum absolute atomic E-state index is 13.3. The van der Waals surface area contributed by atoms with E-state index in [1.807, 2.05) is 0 Å². The van der Waals surface area contributed by atoms with Gasteiger partial charge >= 0.3 is 0 Å². The summed E-state index contributed by atoms with van der Waals surface area (Å²) in [6, 6.07) is 0.460. The van der Waals surface area contributed by atoms with E-state index in [0.717, 1.165) is 13.0 Å². The Kier molecular flexibility index (Phi) is 9.46. The molecule has 1 fully saturated rings. The minimum absolute atomic E-state index is 0.0938. The van der Waals surface area contributed by atoms with E-state index in [1.165, 1.54) is 44.9 Å². The molecule has 126 valence electrons. The van der Waals surface area contributed by atoms with Crippen molar-refractivity contribution in [1.29, 1.82) is 0 Å². The van der Waals surface area contributed by atoms with Gasteiger partial charge in [-0.15, -0.1) is 0 Å². The van der Waals surface area contributed by atoms with Crippen molar-refractivity contribution in [3.63, 3.8) is 0 Å². The third-order valence-corrected chi connectivity index (χ3v) is 4.92. The summed E-state index contributed by atoms with van der Waals surface area (Å²) < 4.78 is 26.5. The van der Waals surface area contributed by atoms with Crippen LogP contribution < -0.4 is 5.32 Å². The summed E-state index contributed by atoms with van der Waals surface area (Å²) in [7, 11) is 0. The van der Waals surface area contributed by atoms with Crippen molar-refractivity contribution >= 4 is 0 Å². The summed E-state index contributed by atoms with van der Waals surface area (Å²) >= 11 is 0. The van der Waals surface area contributed by atoms with Crippen molar-refractivity contribution in [2.24, 2.45) is 5.92 Å². The molecule has 3 heteroatoms. The van der Waals surface area contributed by atoms with Gasteiger partial charge in [-0.25, -0.2) is 8.78 Å². The van der Waals surface area contributed by atoms with Crippen LogP contribution in [0.2, 0.25) is 0 Å². The molecule has 1 rings (SSSR count). The number of alkyl halides is 2. The summed E-state index contributed by atoms with van der Waals surface area (Å²) in [5.41, 5.74) is 0. The van der Waals surface area contributed by atoms with Gasteiger partial charge in [0.1, 0.15) is 0 Å². The smallest absolute Gasteiger partial charge is 0.248 e. The van der Waals surface area contributed by atoms with E-state index in [2.05, 4.69) is 19.2 Å². The van der Waals surface area contributed by atoms with Gasteiger partial charge in [0.05, 0.1) is 0 Å². The lowest BCUT2D eigenvalue weighted by Gasteiger charge is -2.34. The second-order valence-corrected chi connectivity index (χ2v) is 6.77. The normalized spacial score (nSPS) is 20.6. The zero-order valence-electron chi connectivity index (χ0n) is 14.1. The molecule has 0 spiro atoms. The molecule has 0 aliphatic heterocycles. The first-order valence-electron chi connectivity index (χ1n) is 9.20. The largest absolute Gasteiger partial charge is 0.314 e. The molecule has 0 aromatic carbocycles. The number of unbranched alkanes of at least 4 members (excludes halogenated alkanes) is 6.